The largest absolute Gasteiger partial charge is 0.497 e. The van der Waals surface area contributed by atoms with Gasteiger partial charge in [0.1, 0.15) is 11.6 Å². The van der Waals surface area contributed by atoms with Crippen molar-refractivity contribution in [1.82, 2.24) is 14.6 Å². The van der Waals surface area contributed by atoms with Gasteiger partial charge in [0.25, 0.3) is 0 Å². The van der Waals surface area contributed by atoms with E-state index in [0.717, 1.165) is 45.7 Å². The number of ether oxygens (including phenoxy) is 1. The Kier molecular flexibility index (Phi) is 5.43. The summed E-state index contributed by atoms with van der Waals surface area (Å²) in [5, 5.41) is 16.8. The van der Waals surface area contributed by atoms with Gasteiger partial charge in [-0.15, -0.1) is 5.10 Å². The molecule has 0 fully saturated rings. The lowest BCUT2D eigenvalue weighted by atomic mass is 10.1. The number of hydrogen-bond donors (Lipinski definition) is 2. The average Bonchev–Trinajstić information content (AvgIpc) is 3.20. The van der Waals surface area contributed by atoms with E-state index < -0.39 is 5.97 Å². The normalized spacial score (nSPS) is 11.1. The van der Waals surface area contributed by atoms with Gasteiger partial charge in [0.15, 0.2) is 5.65 Å². The molecule has 0 aliphatic heterocycles. The lowest BCUT2D eigenvalue weighted by Crippen LogP contribution is -2.04. The highest BCUT2D eigenvalue weighted by molar-refractivity contribution is 5.85. The Morgan fingerprint density at radius 1 is 1.17 bits per heavy atom. The van der Waals surface area contributed by atoms with Gasteiger partial charge in [-0.3, -0.25) is 0 Å². The van der Waals surface area contributed by atoms with Crippen LogP contribution in [-0.2, 0) is 11.3 Å². The Morgan fingerprint density at radius 3 is 2.77 bits per heavy atom. The molecular weight excluding hydrogens is 380 g/mol. The van der Waals surface area contributed by atoms with Crippen LogP contribution in [0.1, 0.15) is 11.1 Å². The molecule has 7 nitrogen and oxygen atoms in total. The first-order valence-electron chi connectivity index (χ1n) is 9.35. The zero-order chi connectivity index (χ0) is 20.9. The van der Waals surface area contributed by atoms with Gasteiger partial charge >= 0.3 is 5.97 Å². The standard InChI is InChI=1S/C23H20N4O3/c1-30-19-8-5-17(6-9-19)14-24-21-10-11-22-25-15-20(27(22)26-21)18-4-2-3-16(13-18)7-12-23(28)29/h2-13,15H,14H2,1H3,(H,24,26)(H,28,29)/b12-7+. The van der Waals surface area contributed by atoms with E-state index in [1.165, 1.54) is 0 Å². The van der Waals surface area contributed by atoms with Crippen LogP contribution < -0.4 is 10.1 Å². The maximum atomic E-state index is 10.8. The number of imidazole rings is 1. The van der Waals surface area contributed by atoms with E-state index in [4.69, 9.17) is 9.84 Å². The van der Waals surface area contributed by atoms with Crippen molar-refractivity contribution in [1.29, 1.82) is 0 Å². The Hall–Kier alpha value is -4.13. The fourth-order valence-electron chi connectivity index (χ4n) is 3.07. The molecule has 4 aromatic rings. The molecule has 0 saturated carbocycles. The molecule has 0 bridgehead atoms. The number of aliphatic carboxylic acids is 1. The van der Waals surface area contributed by atoms with Crippen molar-refractivity contribution < 1.29 is 14.6 Å². The maximum Gasteiger partial charge on any atom is 0.328 e. The number of carbonyl (C=O) groups is 1. The van der Waals surface area contributed by atoms with Crippen LogP contribution in [-0.4, -0.2) is 32.8 Å². The average molecular weight is 400 g/mol. The lowest BCUT2D eigenvalue weighted by molar-refractivity contribution is -0.131. The van der Waals surface area contributed by atoms with Crippen LogP contribution in [0.4, 0.5) is 5.82 Å². The third kappa shape index (κ3) is 4.30. The van der Waals surface area contributed by atoms with E-state index in [2.05, 4.69) is 15.4 Å². The maximum absolute atomic E-state index is 10.8. The smallest absolute Gasteiger partial charge is 0.328 e. The molecule has 0 spiro atoms. The van der Waals surface area contributed by atoms with Gasteiger partial charge in [-0.2, -0.15) is 0 Å². The van der Waals surface area contributed by atoms with Gasteiger partial charge in [-0.25, -0.2) is 14.3 Å². The number of benzene rings is 2. The molecule has 2 aromatic heterocycles. The predicted octanol–water partition coefficient (Wildman–Crippen LogP) is 4.11. The number of carboxylic acid groups (broad SMARTS) is 1. The second kappa shape index (κ2) is 8.48. The highest BCUT2D eigenvalue weighted by atomic mass is 16.5. The van der Waals surface area contributed by atoms with Gasteiger partial charge in [0.05, 0.1) is 19.0 Å². The van der Waals surface area contributed by atoms with Crippen LogP contribution in [0.2, 0.25) is 0 Å². The van der Waals surface area contributed by atoms with Gasteiger partial charge in [-0.1, -0.05) is 30.3 Å². The number of anilines is 1. The Morgan fingerprint density at radius 2 is 2.00 bits per heavy atom. The number of carboxylic acids is 1. The SMILES string of the molecule is COc1ccc(CNc2ccc3ncc(-c4cccc(/C=C/C(=O)O)c4)n3n2)cc1. The van der Waals surface area contributed by atoms with Gasteiger partial charge in [0, 0.05) is 18.2 Å². The summed E-state index contributed by atoms with van der Waals surface area (Å²) >= 11 is 0. The first-order chi connectivity index (χ1) is 14.6. The van der Waals surface area contributed by atoms with Crippen LogP contribution in [0.25, 0.3) is 23.0 Å². The third-order valence-electron chi connectivity index (χ3n) is 4.60. The van der Waals surface area contributed by atoms with Gasteiger partial charge in [-0.05, 0) is 47.5 Å². The van der Waals surface area contributed by atoms with Gasteiger partial charge < -0.3 is 15.2 Å². The predicted molar refractivity (Wildman–Crippen MR) is 115 cm³/mol. The third-order valence-corrected chi connectivity index (χ3v) is 4.60. The van der Waals surface area contributed by atoms with Crippen molar-refractivity contribution in [2.75, 3.05) is 12.4 Å². The Balaban J connectivity index is 1.58. The van der Waals surface area contributed by atoms with Crippen molar-refractivity contribution in [3.8, 4) is 17.0 Å². The van der Waals surface area contributed by atoms with Crippen LogP contribution >= 0.6 is 0 Å². The van der Waals surface area contributed by atoms with Crippen molar-refractivity contribution in [2.24, 2.45) is 0 Å². The quantitative estimate of drug-likeness (QED) is 0.454. The molecule has 0 aliphatic rings. The summed E-state index contributed by atoms with van der Waals surface area (Å²) in [4.78, 5) is 15.2. The lowest BCUT2D eigenvalue weighted by Gasteiger charge is -2.08. The first-order valence-corrected chi connectivity index (χ1v) is 9.35. The summed E-state index contributed by atoms with van der Waals surface area (Å²) in [5.74, 6) is 0.561. The molecule has 0 aliphatic carbocycles. The van der Waals surface area contributed by atoms with E-state index in [1.807, 2.05) is 60.7 Å². The van der Waals surface area contributed by atoms with Crippen LogP contribution in [0.5, 0.6) is 5.75 Å². The monoisotopic (exact) mass is 400 g/mol. The minimum Gasteiger partial charge on any atom is -0.497 e. The molecule has 0 atom stereocenters. The van der Waals surface area contributed by atoms with Crippen LogP contribution in [0, 0.1) is 0 Å². The van der Waals surface area contributed by atoms with E-state index in [9.17, 15) is 4.79 Å². The van der Waals surface area contributed by atoms with Crippen molar-refractivity contribution in [3.05, 3.63) is 84.1 Å². The van der Waals surface area contributed by atoms with E-state index in [1.54, 1.807) is 23.9 Å². The molecule has 0 unspecified atom stereocenters. The molecule has 4 rings (SSSR count). The minimum atomic E-state index is -0.982. The molecular formula is C23H20N4O3. The fourth-order valence-corrected chi connectivity index (χ4v) is 3.07. The summed E-state index contributed by atoms with van der Waals surface area (Å²) < 4.78 is 6.96. The molecule has 150 valence electrons. The summed E-state index contributed by atoms with van der Waals surface area (Å²) in [6.07, 6.45) is 4.44. The van der Waals surface area contributed by atoms with Crippen LogP contribution in [0.3, 0.4) is 0 Å². The molecule has 2 aromatic carbocycles. The second-order valence-corrected chi connectivity index (χ2v) is 6.63. The second-order valence-electron chi connectivity index (χ2n) is 6.63. The highest BCUT2D eigenvalue weighted by Crippen LogP contribution is 2.23. The zero-order valence-electron chi connectivity index (χ0n) is 16.3. The molecule has 0 amide bonds. The number of fused-ring (bicyclic) bond motifs is 1. The number of nitrogens with zero attached hydrogens (tertiary/aromatic N) is 3. The Bertz CT molecular complexity index is 1210. The minimum absolute atomic E-state index is 0.627. The Labute approximate surface area is 173 Å². The van der Waals surface area contributed by atoms with Crippen molar-refractivity contribution >= 4 is 23.5 Å². The van der Waals surface area contributed by atoms with E-state index in [-0.39, 0.29) is 0 Å². The number of aromatic nitrogens is 3. The molecule has 30 heavy (non-hydrogen) atoms. The molecule has 0 radical (unpaired) electrons. The number of nitrogens with one attached hydrogen (secondary N) is 1. The number of rotatable bonds is 7. The van der Waals surface area contributed by atoms with Crippen molar-refractivity contribution in [2.45, 2.75) is 6.54 Å². The molecule has 7 heteroatoms. The summed E-state index contributed by atoms with van der Waals surface area (Å²) in [7, 11) is 1.65. The van der Waals surface area contributed by atoms with Crippen molar-refractivity contribution in [3.63, 3.8) is 0 Å². The highest BCUT2D eigenvalue weighted by Gasteiger charge is 2.09. The van der Waals surface area contributed by atoms with E-state index >= 15 is 0 Å². The summed E-state index contributed by atoms with van der Waals surface area (Å²) in [6, 6.07) is 19.2. The summed E-state index contributed by atoms with van der Waals surface area (Å²) in [5.41, 5.74) is 4.35. The fraction of sp³-hybridized carbons (Fsp3) is 0.0870. The number of hydrogen-bond acceptors (Lipinski definition) is 5. The summed E-state index contributed by atoms with van der Waals surface area (Å²) in [6.45, 7) is 0.627. The molecule has 0 saturated heterocycles. The van der Waals surface area contributed by atoms with E-state index in [0.29, 0.717) is 6.54 Å². The zero-order valence-corrected chi connectivity index (χ0v) is 16.3. The molecule has 2 heterocycles. The van der Waals surface area contributed by atoms with Gasteiger partial charge in [0.2, 0.25) is 0 Å². The number of methoxy groups -OCH3 is 1. The molecule has 2 N–H and O–H groups in total. The van der Waals surface area contributed by atoms with Crippen LogP contribution in [0.15, 0.2) is 72.9 Å². The topological polar surface area (TPSA) is 88.8 Å². The first kappa shape index (κ1) is 19.2.